The fourth-order valence-corrected chi connectivity index (χ4v) is 2.58. The largest absolute Gasteiger partial charge is 0.299 e. The van der Waals surface area contributed by atoms with Gasteiger partial charge in [-0.2, -0.15) is 0 Å². The molecule has 1 fully saturated rings. The number of ketones is 2. The van der Waals surface area contributed by atoms with Crippen molar-refractivity contribution in [2.45, 2.75) is 58.8 Å². The molecule has 1 aliphatic rings. The van der Waals surface area contributed by atoms with E-state index in [1.165, 1.54) is 0 Å². The van der Waals surface area contributed by atoms with Crippen LogP contribution in [0.1, 0.15) is 58.8 Å². The molecule has 2 nitrogen and oxygen atoms in total. The maximum Gasteiger partial charge on any atom is 0.146 e. The van der Waals surface area contributed by atoms with E-state index >= 15 is 0 Å². The average Bonchev–Trinajstić information content (AvgIpc) is 2.15. The number of Topliss-reactive ketones (excluding diaryl/α,β-unsaturated/α-hetero) is 2. The van der Waals surface area contributed by atoms with Gasteiger partial charge in [-0.1, -0.05) is 26.7 Å². The van der Waals surface area contributed by atoms with Crippen molar-refractivity contribution in [1.29, 1.82) is 0 Å². The van der Waals surface area contributed by atoms with E-state index in [-0.39, 0.29) is 11.6 Å². The van der Waals surface area contributed by atoms with Crippen LogP contribution in [0.3, 0.4) is 0 Å². The van der Waals surface area contributed by atoms with Crippen LogP contribution in [0.15, 0.2) is 0 Å². The SMILES string of the molecule is CCCC1(CCC)C(=O)CCCC1=O. The number of hydrogen-bond donors (Lipinski definition) is 0. The second-order valence-electron chi connectivity index (χ2n) is 4.28. The highest BCUT2D eigenvalue weighted by atomic mass is 16.2. The van der Waals surface area contributed by atoms with Gasteiger partial charge in [-0.05, 0) is 19.3 Å². The summed E-state index contributed by atoms with van der Waals surface area (Å²) in [6.07, 6.45) is 5.39. The molecule has 0 N–H and O–H groups in total. The highest BCUT2D eigenvalue weighted by Crippen LogP contribution is 2.38. The van der Waals surface area contributed by atoms with Crippen molar-refractivity contribution in [3.05, 3.63) is 0 Å². The molecule has 2 heteroatoms. The maximum absolute atomic E-state index is 11.9. The second-order valence-corrected chi connectivity index (χ2v) is 4.28. The smallest absolute Gasteiger partial charge is 0.146 e. The minimum Gasteiger partial charge on any atom is -0.299 e. The lowest BCUT2D eigenvalue weighted by atomic mass is 9.67. The minimum atomic E-state index is -0.582. The van der Waals surface area contributed by atoms with Crippen LogP contribution in [-0.2, 0) is 9.59 Å². The van der Waals surface area contributed by atoms with Crippen LogP contribution in [0.2, 0.25) is 0 Å². The first-order chi connectivity index (χ1) is 6.67. The molecule has 0 atom stereocenters. The predicted molar refractivity (Wildman–Crippen MR) is 56.1 cm³/mol. The third-order valence-corrected chi connectivity index (χ3v) is 3.23. The van der Waals surface area contributed by atoms with Gasteiger partial charge >= 0.3 is 0 Å². The normalized spacial score (nSPS) is 21.3. The first kappa shape index (κ1) is 11.4. The van der Waals surface area contributed by atoms with Crippen molar-refractivity contribution in [3.63, 3.8) is 0 Å². The molecule has 0 spiro atoms. The van der Waals surface area contributed by atoms with Crippen LogP contribution in [0.25, 0.3) is 0 Å². The molecule has 1 aliphatic carbocycles. The van der Waals surface area contributed by atoms with Gasteiger partial charge in [-0.25, -0.2) is 0 Å². The molecular weight excluding hydrogens is 176 g/mol. The highest BCUT2D eigenvalue weighted by molar-refractivity contribution is 6.08. The van der Waals surface area contributed by atoms with E-state index in [1.807, 2.05) is 13.8 Å². The van der Waals surface area contributed by atoms with Gasteiger partial charge in [0.05, 0.1) is 5.41 Å². The monoisotopic (exact) mass is 196 g/mol. The van der Waals surface area contributed by atoms with E-state index < -0.39 is 5.41 Å². The molecule has 0 radical (unpaired) electrons. The quantitative estimate of drug-likeness (QED) is 0.648. The first-order valence-corrected chi connectivity index (χ1v) is 5.74. The van der Waals surface area contributed by atoms with Crippen LogP contribution in [0, 0.1) is 5.41 Å². The van der Waals surface area contributed by atoms with Crippen LogP contribution in [-0.4, -0.2) is 11.6 Å². The molecule has 0 aromatic rings. The number of carbonyl (C=O) groups is 2. The lowest BCUT2D eigenvalue weighted by molar-refractivity contribution is -0.145. The van der Waals surface area contributed by atoms with E-state index in [2.05, 4.69) is 0 Å². The zero-order valence-electron chi connectivity index (χ0n) is 9.27. The third kappa shape index (κ3) is 1.89. The second kappa shape index (κ2) is 4.72. The Hall–Kier alpha value is -0.660. The third-order valence-electron chi connectivity index (χ3n) is 3.23. The topological polar surface area (TPSA) is 34.1 Å². The van der Waals surface area contributed by atoms with E-state index in [1.54, 1.807) is 0 Å². The summed E-state index contributed by atoms with van der Waals surface area (Å²) < 4.78 is 0. The van der Waals surface area contributed by atoms with E-state index in [0.29, 0.717) is 12.8 Å². The Kier molecular flexibility index (Phi) is 3.85. The van der Waals surface area contributed by atoms with Gasteiger partial charge in [0.2, 0.25) is 0 Å². The molecule has 0 aromatic heterocycles. The van der Waals surface area contributed by atoms with Crippen molar-refractivity contribution < 1.29 is 9.59 Å². The Morgan fingerprint density at radius 3 is 1.79 bits per heavy atom. The number of hydrogen-bond acceptors (Lipinski definition) is 2. The fraction of sp³-hybridized carbons (Fsp3) is 0.833. The molecule has 0 saturated heterocycles. The molecule has 0 amide bonds. The van der Waals surface area contributed by atoms with Crippen molar-refractivity contribution >= 4 is 11.6 Å². The van der Waals surface area contributed by atoms with Crippen LogP contribution in [0.5, 0.6) is 0 Å². The first-order valence-electron chi connectivity index (χ1n) is 5.74. The molecule has 0 bridgehead atoms. The lowest BCUT2D eigenvalue weighted by Crippen LogP contribution is -2.42. The molecule has 0 aromatic carbocycles. The van der Waals surface area contributed by atoms with Crippen molar-refractivity contribution in [2.75, 3.05) is 0 Å². The molecule has 14 heavy (non-hydrogen) atoms. The number of carbonyl (C=O) groups excluding carboxylic acids is 2. The van der Waals surface area contributed by atoms with Gasteiger partial charge in [-0.15, -0.1) is 0 Å². The number of rotatable bonds is 4. The van der Waals surface area contributed by atoms with Gasteiger partial charge in [0, 0.05) is 12.8 Å². The summed E-state index contributed by atoms with van der Waals surface area (Å²) in [6.45, 7) is 4.10. The van der Waals surface area contributed by atoms with Crippen LogP contribution >= 0.6 is 0 Å². The standard InChI is InChI=1S/C12H20O2/c1-3-8-12(9-4-2)10(13)6-5-7-11(12)14/h3-9H2,1-2H3. The lowest BCUT2D eigenvalue weighted by Gasteiger charge is -2.33. The van der Waals surface area contributed by atoms with Gasteiger partial charge in [0.15, 0.2) is 0 Å². The summed E-state index contributed by atoms with van der Waals surface area (Å²) in [5, 5.41) is 0. The Balaban J connectivity index is 2.89. The van der Waals surface area contributed by atoms with E-state index in [4.69, 9.17) is 0 Å². The Morgan fingerprint density at radius 2 is 1.43 bits per heavy atom. The summed E-state index contributed by atoms with van der Waals surface area (Å²) in [7, 11) is 0. The Morgan fingerprint density at radius 1 is 1.00 bits per heavy atom. The molecule has 0 unspecified atom stereocenters. The molecule has 1 rings (SSSR count). The minimum absolute atomic E-state index is 0.206. The summed E-state index contributed by atoms with van der Waals surface area (Å²) in [5.41, 5.74) is -0.582. The van der Waals surface area contributed by atoms with Gasteiger partial charge < -0.3 is 0 Å². The molecular formula is C12H20O2. The Labute approximate surface area is 86.1 Å². The molecule has 0 aliphatic heterocycles. The zero-order chi connectivity index (χ0) is 10.6. The summed E-state index contributed by atoms with van der Waals surface area (Å²) in [6, 6.07) is 0. The van der Waals surface area contributed by atoms with Gasteiger partial charge in [0.25, 0.3) is 0 Å². The summed E-state index contributed by atoms with van der Waals surface area (Å²) in [4.78, 5) is 23.8. The van der Waals surface area contributed by atoms with Crippen LogP contribution < -0.4 is 0 Å². The van der Waals surface area contributed by atoms with Crippen LogP contribution in [0.4, 0.5) is 0 Å². The van der Waals surface area contributed by atoms with Gasteiger partial charge in [-0.3, -0.25) is 9.59 Å². The summed E-state index contributed by atoms with van der Waals surface area (Å²) in [5.74, 6) is 0.412. The van der Waals surface area contributed by atoms with E-state index in [9.17, 15) is 9.59 Å². The van der Waals surface area contributed by atoms with Gasteiger partial charge in [0.1, 0.15) is 11.6 Å². The zero-order valence-corrected chi connectivity index (χ0v) is 9.27. The maximum atomic E-state index is 11.9. The predicted octanol–water partition coefficient (Wildman–Crippen LogP) is 2.90. The van der Waals surface area contributed by atoms with Crippen molar-refractivity contribution in [1.82, 2.24) is 0 Å². The summed E-state index contributed by atoms with van der Waals surface area (Å²) >= 11 is 0. The molecule has 80 valence electrons. The fourth-order valence-electron chi connectivity index (χ4n) is 2.58. The van der Waals surface area contributed by atoms with E-state index in [0.717, 1.165) is 32.1 Å². The van der Waals surface area contributed by atoms with Crippen molar-refractivity contribution in [3.8, 4) is 0 Å². The Bertz CT molecular complexity index is 206. The molecule has 0 heterocycles. The molecule has 1 saturated carbocycles. The highest BCUT2D eigenvalue weighted by Gasteiger charge is 2.44. The average molecular weight is 196 g/mol. The van der Waals surface area contributed by atoms with Crippen molar-refractivity contribution in [2.24, 2.45) is 5.41 Å².